The molecule has 1 heterocycles. The zero-order chi connectivity index (χ0) is 16.3. The molecule has 0 spiro atoms. The number of furan rings is 1. The van der Waals surface area contributed by atoms with Gasteiger partial charge in [-0.05, 0) is 36.2 Å². The van der Waals surface area contributed by atoms with Gasteiger partial charge >= 0.3 is 0 Å². The largest absolute Gasteiger partial charge is 0.493 e. The van der Waals surface area contributed by atoms with Crippen molar-refractivity contribution in [3.63, 3.8) is 0 Å². The fourth-order valence-electron chi connectivity index (χ4n) is 2.40. The molecule has 0 fully saturated rings. The number of hydrogen-bond acceptors (Lipinski definition) is 4. The Hall–Kier alpha value is -1.94. The Morgan fingerprint density at radius 1 is 1.04 bits per heavy atom. The molecule has 0 amide bonds. The predicted octanol–water partition coefficient (Wildman–Crippen LogP) is 4.54. The summed E-state index contributed by atoms with van der Waals surface area (Å²) >= 11 is 0. The highest BCUT2D eigenvalue weighted by atomic mass is 16.5. The second-order valence-electron chi connectivity index (χ2n) is 5.58. The first kappa shape index (κ1) is 17.4. The Labute approximate surface area is 138 Å². The molecule has 2 aromatic rings. The van der Waals surface area contributed by atoms with Crippen molar-refractivity contribution < 1.29 is 13.9 Å². The number of ether oxygens (including phenoxy) is 2. The highest BCUT2D eigenvalue weighted by molar-refractivity contribution is 5.42. The average molecular weight is 317 g/mol. The smallest absolute Gasteiger partial charge is 0.161 e. The van der Waals surface area contributed by atoms with Gasteiger partial charge in [0.25, 0.3) is 0 Å². The van der Waals surface area contributed by atoms with Crippen LogP contribution in [0.25, 0.3) is 0 Å². The fraction of sp³-hybridized carbons (Fsp3) is 0.474. The van der Waals surface area contributed by atoms with Crippen molar-refractivity contribution in [3.05, 3.63) is 47.9 Å². The summed E-state index contributed by atoms with van der Waals surface area (Å²) in [6, 6.07) is 9.94. The van der Waals surface area contributed by atoms with Crippen LogP contribution in [0.3, 0.4) is 0 Å². The molecule has 0 radical (unpaired) electrons. The van der Waals surface area contributed by atoms with Crippen LogP contribution in [-0.2, 0) is 13.1 Å². The van der Waals surface area contributed by atoms with E-state index in [1.54, 1.807) is 13.4 Å². The highest BCUT2D eigenvalue weighted by Crippen LogP contribution is 2.28. The van der Waals surface area contributed by atoms with Gasteiger partial charge in [0, 0.05) is 6.54 Å². The van der Waals surface area contributed by atoms with Crippen LogP contribution in [0, 0.1) is 0 Å². The van der Waals surface area contributed by atoms with Gasteiger partial charge < -0.3 is 19.2 Å². The Morgan fingerprint density at radius 3 is 2.70 bits per heavy atom. The minimum Gasteiger partial charge on any atom is -0.493 e. The van der Waals surface area contributed by atoms with Gasteiger partial charge in [-0.3, -0.25) is 0 Å². The second-order valence-corrected chi connectivity index (χ2v) is 5.58. The SMILES string of the molecule is CCCCCCOc1ccc(CNCc2ccco2)cc1OC. The van der Waals surface area contributed by atoms with Crippen LogP contribution < -0.4 is 14.8 Å². The molecule has 1 N–H and O–H groups in total. The Kier molecular flexibility index (Phi) is 7.54. The Morgan fingerprint density at radius 2 is 1.96 bits per heavy atom. The molecule has 4 heteroatoms. The number of methoxy groups -OCH3 is 1. The van der Waals surface area contributed by atoms with Gasteiger partial charge in [0.2, 0.25) is 0 Å². The van der Waals surface area contributed by atoms with Crippen molar-refractivity contribution in [1.82, 2.24) is 5.32 Å². The molecular formula is C19H27NO3. The van der Waals surface area contributed by atoms with E-state index < -0.39 is 0 Å². The maximum absolute atomic E-state index is 5.83. The van der Waals surface area contributed by atoms with Crippen molar-refractivity contribution in [2.24, 2.45) is 0 Å². The summed E-state index contributed by atoms with van der Waals surface area (Å²) in [5.74, 6) is 2.54. The van der Waals surface area contributed by atoms with Gasteiger partial charge in [0.1, 0.15) is 5.76 Å². The molecule has 0 saturated heterocycles. The standard InChI is InChI=1S/C19H27NO3/c1-3-4-5-6-11-23-18-10-9-16(13-19(18)21-2)14-20-15-17-8-7-12-22-17/h7-10,12-13,20H,3-6,11,14-15H2,1-2H3. The first-order chi connectivity index (χ1) is 11.3. The Balaban J connectivity index is 1.80. The summed E-state index contributed by atoms with van der Waals surface area (Å²) in [7, 11) is 1.68. The van der Waals surface area contributed by atoms with E-state index >= 15 is 0 Å². The second kappa shape index (κ2) is 9.95. The van der Waals surface area contributed by atoms with Gasteiger partial charge in [0.05, 0.1) is 26.5 Å². The van der Waals surface area contributed by atoms with Crippen molar-refractivity contribution >= 4 is 0 Å². The lowest BCUT2D eigenvalue weighted by molar-refractivity contribution is 0.285. The molecule has 2 rings (SSSR count). The first-order valence-electron chi connectivity index (χ1n) is 8.36. The summed E-state index contributed by atoms with van der Waals surface area (Å²) in [5.41, 5.74) is 1.16. The summed E-state index contributed by atoms with van der Waals surface area (Å²) in [6.07, 6.45) is 6.49. The normalized spacial score (nSPS) is 10.7. The topological polar surface area (TPSA) is 43.6 Å². The van der Waals surface area contributed by atoms with Crippen LogP contribution >= 0.6 is 0 Å². The van der Waals surface area contributed by atoms with Crippen molar-refractivity contribution in [2.45, 2.75) is 45.7 Å². The molecule has 0 atom stereocenters. The van der Waals surface area contributed by atoms with Crippen LogP contribution in [0.15, 0.2) is 41.0 Å². The molecule has 0 aliphatic carbocycles. The van der Waals surface area contributed by atoms with Gasteiger partial charge in [-0.2, -0.15) is 0 Å². The zero-order valence-corrected chi connectivity index (χ0v) is 14.1. The maximum atomic E-state index is 5.83. The lowest BCUT2D eigenvalue weighted by atomic mass is 10.2. The van der Waals surface area contributed by atoms with Crippen LogP contribution in [-0.4, -0.2) is 13.7 Å². The van der Waals surface area contributed by atoms with Crippen molar-refractivity contribution in [3.8, 4) is 11.5 Å². The van der Waals surface area contributed by atoms with E-state index in [4.69, 9.17) is 13.9 Å². The molecule has 1 aromatic heterocycles. The van der Waals surface area contributed by atoms with Crippen LogP contribution in [0.4, 0.5) is 0 Å². The third-order valence-electron chi connectivity index (χ3n) is 3.69. The lowest BCUT2D eigenvalue weighted by Crippen LogP contribution is -2.12. The molecule has 23 heavy (non-hydrogen) atoms. The molecular weight excluding hydrogens is 290 g/mol. The van der Waals surface area contributed by atoms with E-state index in [9.17, 15) is 0 Å². The molecule has 1 aromatic carbocycles. The molecule has 0 saturated carbocycles. The van der Waals surface area contributed by atoms with Gasteiger partial charge in [0.15, 0.2) is 11.5 Å². The third-order valence-corrected chi connectivity index (χ3v) is 3.69. The predicted molar refractivity (Wildman–Crippen MR) is 91.9 cm³/mol. The molecule has 0 aliphatic rings. The van der Waals surface area contributed by atoms with E-state index in [0.29, 0.717) is 6.54 Å². The van der Waals surface area contributed by atoms with Gasteiger partial charge in [-0.1, -0.05) is 32.3 Å². The minimum atomic E-state index is 0.713. The van der Waals surface area contributed by atoms with E-state index in [-0.39, 0.29) is 0 Å². The summed E-state index contributed by atoms with van der Waals surface area (Å²) in [4.78, 5) is 0. The highest BCUT2D eigenvalue weighted by Gasteiger charge is 2.06. The number of hydrogen-bond donors (Lipinski definition) is 1. The molecule has 4 nitrogen and oxygen atoms in total. The van der Waals surface area contributed by atoms with Crippen LogP contribution in [0.5, 0.6) is 11.5 Å². The van der Waals surface area contributed by atoms with Crippen LogP contribution in [0.2, 0.25) is 0 Å². The minimum absolute atomic E-state index is 0.713. The van der Waals surface area contributed by atoms with Crippen molar-refractivity contribution in [1.29, 1.82) is 0 Å². The monoisotopic (exact) mass is 317 g/mol. The zero-order valence-electron chi connectivity index (χ0n) is 14.1. The maximum Gasteiger partial charge on any atom is 0.161 e. The number of rotatable bonds is 11. The quantitative estimate of drug-likeness (QED) is 0.618. The number of nitrogens with one attached hydrogen (secondary N) is 1. The van der Waals surface area contributed by atoms with Crippen molar-refractivity contribution in [2.75, 3.05) is 13.7 Å². The van der Waals surface area contributed by atoms with E-state index in [0.717, 1.165) is 42.4 Å². The van der Waals surface area contributed by atoms with E-state index in [1.165, 1.54) is 19.3 Å². The summed E-state index contributed by atoms with van der Waals surface area (Å²) in [5, 5.41) is 3.35. The van der Waals surface area contributed by atoms with Gasteiger partial charge in [-0.25, -0.2) is 0 Å². The third kappa shape index (κ3) is 5.99. The molecule has 126 valence electrons. The fourth-order valence-corrected chi connectivity index (χ4v) is 2.40. The molecule has 0 bridgehead atoms. The van der Waals surface area contributed by atoms with Crippen LogP contribution in [0.1, 0.15) is 43.9 Å². The Bertz CT molecular complexity index is 552. The molecule has 0 unspecified atom stereocenters. The number of benzene rings is 1. The lowest BCUT2D eigenvalue weighted by Gasteiger charge is -2.12. The summed E-state index contributed by atoms with van der Waals surface area (Å²) in [6.45, 7) is 4.42. The van der Waals surface area contributed by atoms with Gasteiger partial charge in [-0.15, -0.1) is 0 Å². The molecule has 0 aliphatic heterocycles. The average Bonchev–Trinajstić information content (AvgIpc) is 3.09. The van der Waals surface area contributed by atoms with E-state index in [2.05, 4.69) is 18.3 Å². The van der Waals surface area contributed by atoms with E-state index in [1.807, 2.05) is 24.3 Å². The first-order valence-corrected chi connectivity index (χ1v) is 8.36. The summed E-state index contributed by atoms with van der Waals surface area (Å²) < 4.78 is 16.6. The number of unbranched alkanes of at least 4 members (excludes halogenated alkanes) is 3.